The minimum atomic E-state index is -0.956. The zero-order chi connectivity index (χ0) is 15.6. The predicted octanol–water partition coefficient (Wildman–Crippen LogP) is 2.18. The third-order valence-corrected chi connectivity index (χ3v) is 3.90. The normalized spacial score (nSPS) is 15.4. The number of anilines is 1. The fourth-order valence-electron chi connectivity index (χ4n) is 2.56. The number of para-hydroxylation sites is 1. The molecular formula is C16H22N2O3. The van der Waals surface area contributed by atoms with Gasteiger partial charge in [-0.25, -0.2) is 4.79 Å². The first-order valence-electron chi connectivity index (χ1n) is 7.26. The largest absolute Gasteiger partial charge is 0.480 e. The van der Waals surface area contributed by atoms with Gasteiger partial charge in [0.15, 0.2) is 0 Å². The van der Waals surface area contributed by atoms with E-state index >= 15 is 0 Å². The molecule has 0 radical (unpaired) electrons. The lowest BCUT2D eigenvalue weighted by atomic mass is 10.1. The van der Waals surface area contributed by atoms with Crippen molar-refractivity contribution in [2.24, 2.45) is 0 Å². The summed E-state index contributed by atoms with van der Waals surface area (Å²) in [7, 11) is 0. The van der Waals surface area contributed by atoms with Crippen molar-refractivity contribution in [1.29, 1.82) is 0 Å². The van der Waals surface area contributed by atoms with Crippen LogP contribution in [0.2, 0.25) is 0 Å². The van der Waals surface area contributed by atoms with Gasteiger partial charge in [-0.1, -0.05) is 18.2 Å². The van der Waals surface area contributed by atoms with Crippen molar-refractivity contribution in [3.05, 3.63) is 29.3 Å². The van der Waals surface area contributed by atoms with Gasteiger partial charge in [0.2, 0.25) is 5.91 Å². The lowest BCUT2D eigenvalue weighted by molar-refractivity contribution is -0.149. The Hall–Kier alpha value is -2.04. The molecule has 1 atom stereocenters. The summed E-state index contributed by atoms with van der Waals surface area (Å²) in [6.45, 7) is 5.66. The highest BCUT2D eigenvalue weighted by Crippen LogP contribution is 2.29. The molecule has 1 aromatic carbocycles. The maximum absolute atomic E-state index is 12.4. The highest BCUT2D eigenvalue weighted by atomic mass is 16.4. The number of hydrogen-bond donors (Lipinski definition) is 2. The molecule has 5 heteroatoms. The third kappa shape index (κ3) is 3.54. The molecule has 0 spiro atoms. The van der Waals surface area contributed by atoms with E-state index in [2.05, 4.69) is 5.32 Å². The van der Waals surface area contributed by atoms with Gasteiger partial charge >= 0.3 is 5.97 Å². The second-order valence-electron chi connectivity index (χ2n) is 5.67. The molecule has 0 heterocycles. The summed E-state index contributed by atoms with van der Waals surface area (Å²) in [4.78, 5) is 25.0. The zero-order valence-corrected chi connectivity index (χ0v) is 12.7. The van der Waals surface area contributed by atoms with Gasteiger partial charge < -0.3 is 15.3 Å². The number of carbonyl (C=O) groups is 2. The highest BCUT2D eigenvalue weighted by Gasteiger charge is 2.38. The van der Waals surface area contributed by atoms with E-state index in [0.29, 0.717) is 0 Å². The number of aryl methyl sites for hydroxylation is 2. The van der Waals surface area contributed by atoms with Crippen LogP contribution in [0.4, 0.5) is 5.69 Å². The summed E-state index contributed by atoms with van der Waals surface area (Å²) in [5.74, 6) is -1.11. The Balaban J connectivity index is 2.04. The Bertz CT molecular complexity index is 532. The van der Waals surface area contributed by atoms with E-state index in [9.17, 15) is 9.59 Å². The number of nitrogens with one attached hydrogen (secondary N) is 1. The Morgan fingerprint density at radius 1 is 1.33 bits per heavy atom. The SMILES string of the molecule is Cc1cccc(C)c1NCC(=O)N(C1CC1)C(C)C(=O)O. The molecule has 1 amide bonds. The summed E-state index contributed by atoms with van der Waals surface area (Å²) in [5, 5.41) is 12.3. The Labute approximate surface area is 125 Å². The number of amides is 1. The fourth-order valence-corrected chi connectivity index (χ4v) is 2.56. The number of rotatable bonds is 6. The highest BCUT2D eigenvalue weighted by molar-refractivity contribution is 5.87. The van der Waals surface area contributed by atoms with Crippen molar-refractivity contribution >= 4 is 17.6 Å². The smallest absolute Gasteiger partial charge is 0.326 e. The molecule has 0 aliphatic heterocycles. The van der Waals surface area contributed by atoms with E-state index in [0.717, 1.165) is 29.7 Å². The number of carbonyl (C=O) groups excluding carboxylic acids is 1. The monoisotopic (exact) mass is 290 g/mol. The Kier molecular flexibility index (Phi) is 4.50. The van der Waals surface area contributed by atoms with Crippen LogP contribution in [0, 0.1) is 13.8 Å². The summed E-state index contributed by atoms with van der Waals surface area (Å²) >= 11 is 0. The summed E-state index contributed by atoms with van der Waals surface area (Å²) in [5.41, 5.74) is 3.10. The zero-order valence-electron chi connectivity index (χ0n) is 12.7. The predicted molar refractivity (Wildman–Crippen MR) is 81.4 cm³/mol. The van der Waals surface area contributed by atoms with Gasteiger partial charge in [0.25, 0.3) is 0 Å². The molecule has 0 bridgehead atoms. The van der Waals surface area contributed by atoms with E-state index in [1.165, 1.54) is 4.90 Å². The number of benzene rings is 1. The molecular weight excluding hydrogens is 268 g/mol. The molecule has 2 rings (SSSR count). The van der Waals surface area contributed by atoms with Crippen LogP contribution in [-0.2, 0) is 9.59 Å². The lowest BCUT2D eigenvalue weighted by Crippen LogP contribution is -2.47. The van der Waals surface area contributed by atoms with Crippen LogP contribution in [0.15, 0.2) is 18.2 Å². The molecule has 2 N–H and O–H groups in total. The topological polar surface area (TPSA) is 69.6 Å². The molecule has 1 saturated carbocycles. The second-order valence-corrected chi connectivity index (χ2v) is 5.67. The van der Waals surface area contributed by atoms with E-state index < -0.39 is 12.0 Å². The van der Waals surface area contributed by atoms with Crippen LogP contribution < -0.4 is 5.32 Å². The number of carboxylic acid groups (broad SMARTS) is 1. The molecule has 1 fully saturated rings. The fraction of sp³-hybridized carbons (Fsp3) is 0.500. The lowest BCUT2D eigenvalue weighted by Gasteiger charge is -2.27. The molecule has 5 nitrogen and oxygen atoms in total. The maximum Gasteiger partial charge on any atom is 0.326 e. The minimum Gasteiger partial charge on any atom is -0.480 e. The van der Waals surface area contributed by atoms with Crippen LogP contribution in [0.5, 0.6) is 0 Å². The Morgan fingerprint density at radius 3 is 2.38 bits per heavy atom. The quantitative estimate of drug-likeness (QED) is 0.842. The van der Waals surface area contributed by atoms with Crippen LogP contribution in [0.1, 0.15) is 30.9 Å². The van der Waals surface area contributed by atoms with Gasteiger partial charge in [-0.05, 0) is 44.7 Å². The summed E-state index contributed by atoms with van der Waals surface area (Å²) in [6, 6.07) is 5.25. The van der Waals surface area contributed by atoms with E-state index in [1.807, 2.05) is 32.0 Å². The summed E-state index contributed by atoms with van der Waals surface area (Å²) in [6.07, 6.45) is 1.79. The van der Waals surface area contributed by atoms with Gasteiger partial charge in [0, 0.05) is 11.7 Å². The van der Waals surface area contributed by atoms with Crippen molar-refractivity contribution in [3.8, 4) is 0 Å². The van der Waals surface area contributed by atoms with Gasteiger partial charge in [0.05, 0.1) is 6.54 Å². The number of hydrogen-bond acceptors (Lipinski definition) is 3. The molecule has 1 aromatic rings. The average Bonchev–Trinajstić information content (AvgIpc) is 3.22. The van der Waals surface area contributed by atoms with Crippen molar-refractivity contribution in [2.45, 2.75) is 45.7 Å². The molecule has 114 valence electrons. The van der Waals surface area contributed by atoms with E-state index in [1.54, 1.807) is 6.92 Å². The van der Waals surface area contributed by atoms with Crippen molar-refractivity contribution in [2.75, 3.05) is 11.9 Å². The van der Waals surface area contributed by atoms with Gasteiger partial charge in [-0.2, -0.15) is 0 Å². The number of nitrogens with zero attached hydrogens (tertiary/aromatic N) is 1. The number of aliphatic carboxylic acids is 1. The second kappa shape index (κ2) is 6.16. The number of carboxylic acids is 1. The van der Waals surface area contributed by atoms with Gasteiger partial charge in [-0.15, -0.1) is 0 Å². The van der Waals surface area contributed by atoms with E-state index in [-0.39, 0.29) is 18.5 Å². The third-order valence-electron chi connectivity index (χ3n) is 3.90. The van der Waals surface area contributed by atoms with Crippen LogP contribution >= 0.6 is 0 Å². The van der Waals surface area contributed by atoms with Crippen LogP contribution in [0.25, 0.3) is 0 Å². The maximum atomic E-state index is 12.4. The molecule has 21 heavy (non-hydrogen) atoms. The minimum absolute atomic E-state index is 0.0865. The van der Waals surface area contributed by atoms with Crippen molar-refractivity contribution in [3.63, 3.8) is 0 Å². The molecule has 1 aliphatic rings. The molecule has 0 saturated heterocycles. The van der Waals surface area contributed by atoms with Crippen molar-refractivity contribution < 1.29 is 14.7 Å². The molecule has 1 unspecified atom stereocenters. The average molecular weight is 290 g/mol. The standard InChI is InChI=1S/C16H22N2O3/c1-10-5-4-6-11(2)15(10)17-9-14(19)18(13-7-8-13)12(3)16(20)21/h4-6,12-13,17H,7-9H2,1-3H3,(H,20,21). The van der Waals surface area contributed by atoms with Crippen molar-refractivity contribution in [1.82, 2.24) is 4.90 Å². The van der Waals surface area contributed by atoms with Gasteiger partial charge in [0.1, 0.15) is 6.04 Å². The van der Waals surface area contributed by atoms with E-state index in [4.69, 9.17) is 5.11 Å². The first-order chi connectivity index (χ1) is 9.91. The van der Waals surface area contributed by atoms with Crippen LogP contribution in [-0.4, -0.2) is 40.5 Å². The first kappa shape index (κ1) is 15.4. The summed E-state index contributed by atoms with van der Waals surface area (Å²) < 4.78 is 0. The van der Waals surface area contributed by atoms with Gasteiger partial charge in [-0.3, -0.25) is 4.79 Å². The molecule has 0 aromatic heterocycles. The van der Waals surface area contributed by atoms with Crippen LogP contribution in [0.3, 0.4) is 0 Å². The Morgan fingerprint density at radius 2 is 1.90 bits per heavy atom. The first-order valence-corrected chi connectivity index (χ1v) is 7.26. The molecule has 1 aliphatic carbocycles.